The van der Waals surface area contributed by atoms with Crippen molar-refractivity contribution in [3.05, 3.63) is 64.2 Å². The summed E-state index contributed by atoms with van der Waals surface area (Å²) in [6.45, 7) is 2.98. The smallest absolute Gasteiger partial charge is 0.286 e. The van der Waals surface area contributed by atoms with Crippen LogP contribution in [-0.2, 0) is 20.7 Å². The monoisotopic (exact) mass is 484 g/mol. The van der Waals surface area contributed by atoms with Crippen molar-refractivity contribution in [1.82, 2.24) is 10.3 Å². The number of H-pyrrole nitrogens is 1. The van der Waals surface area contributed by atoms with Crippen LogP contribution in [0.4, 0.5) is 0 Å². The van der Waals surface area contributed by atoms with Crippen LogP contribution in [0, 0.1) is 5.92 Å². The van der Waals surface area contributed by atoms with Crippen molar-refractivity contribution >= 4 is 28.1 Å². The van der Waals surface area contributed by atoms with Gasteiger partial charge < -0.3 is 29.6 Å². The summed E-state index contributed by atoms with van der Waals surface area (Å²) in [4.78, 5) is 16.3. The molecule has 182 valence electrons. The van der Waals surface area contributed by atoms with E-state index in [4.69, 9.17) is 14.2 Å². The second kappa shape index (κ2) is 11.6. The molecule has 0 spiro atoms. The van der Waals surface area contributed by atoms with Gasteiger partial charge in [-0.15, -0.1) is 0 Å². The first-order valence-electron chi connectivity index (χ1n) is 11.7. The van der Waals surface area contributed by atoms with Gasteiger partial charge in [0.05, 0.1) is 7.11 Å². The van der Waals surface area contributed by atoms with E-state index in [9.17, 15) is 9.90 Å². The minimum absolute atomic E-state index is 0.00932. The van der Waals surface area contributed by atoms with E-state index in [1.807, 2.05) is 42.8 Å². The van der Waals surface area contributed by atoms with Crippen molar-refractivity contribution in [2.24, 2.45) is 5.92 Å². The van der Waals surface area contributed by atoms with Crippen molar-refractivity contribution in [1.29, 1.82) is 0 Å². The summed E-state index contributed by atoms with van der Waals surface area (Å²) in [5.41, 5.74) is 3.28. The van der Waals surface area contributed by atoms with Gasteiger partial charge in [0.2, 0.25) is 6.29 Å². The number of aromatic amines is 1. The molecule has 7 nitrogen and oxygen atoms in total. The molecular weight excluding hydrogens is 452 g/mol. The van der Waals surface area contributed by atoms with Crippen molar-refractivity contribution in [3.63, 3.8) is 0 Å². The molecule has 1 aliphatic rings. The van der Waals surface area contributed by atoms with Gasteiger partial charge in [-0.3, -0.25) is 4.79 Å². The fraction of sp³-hybridized carbons (Fsp3) is 0.423. The highest BCUT2D eigenvalue weighted by molar-refractivity contribution is 7.08. The molecule has 0 saturated carbocycles. The second-order valence-electron chi connectivity index (χ2n) is 8.32. The Kier molecular flexibility index (Phi) is 8.26. The van der Waals surface area contributed by atoms with Gasteiger partial charge in [0.15, 0.2) is 5.76 Å². The van der Waals surface area contributed by atoms with Crippen LogP contribution in [0.15, 0.2) is 53.1 Å². The molecule has 8 heteroatoms. The molecule has 3 atom stereocenters. The predicted molar refractivity (Wildman–Crippen MR) is 133 cm³/mol. The maximum atomic E-state index is 13.1. The van der Waals surface area contributed by atoms with Crippen LogP contribution in [0.2, 0.25) is 0 Å². The van der Waals surface area contributed by atoms with Crippen molar-refractivity contribution in [3.8, 4) is 5.75 Å². The quantitative estimate of drug-likeness (QED) is 0.376. The Balaban J connectivity index is 1.47. The highest BCUT2D eigenvalue weighted by Crippen LogP contribution is 2.40. The number of aromatic nitrogens is 1. The third kappa shape index (κ3) is 5.46. The molecule has 0 radical (unpaired) electrons. The number of fused-ring (bicyclic) bond motifs is 1. The van der Waals surface area contributed by atoms with E-state index in [-0.39, 0.29) is 30.1 Å². The molecule has 1 aromatic carbocycles. The highest BCUT2D eigenvalue weighted by Gasteiger charge is 2.37. The molecule has 3 N–H and O–H groups in total. The third-order valence-corrected chi connectivity index (χ3v) is 6.92. The molecule has 1 aliphatic heterocycles. The Labute approximate surface area is 203 Å². The zero-order valence-corrected chi connectivity index (χ0v) is 20.4. The number of aliphatic hydroxyl groups excluding tert-OH is 1. The number of hydrogen-bond acceptors (Lipinski definition) is 6. The Morgan fingerprint density at radius 2 is 2.21 bits per heavy atom. The van der Waals surface area contributed by atoms with E-state index in [2.05, 4.69) is 21.7 Å². The topological polar surface area (TPSA) is 92.8 Å². The molecule has 0 saturated heterocycles. The molecule has 34 heavy (non-hydrogen) atoms. The zero-order valence-electron chi connectivity index (χ0n) is 19.6. The Hall–Kier alpha value is -2.81. The van der Waals surface area contributed by atoms with Crippen LogP contribution in [0.25, 0.3) is 10.9 Å². The summed E-state index contributed by atoms with van der Waals surface area (Å²) in [6.07, 6.45) is 5.42. The van der Waals surface area contributed by atoms with Crippen LogP contribution in [-0.4, -0.2) is 49.2 Å². The first-order chi connectivity index (χ1) is 16.6. The number of nitrogens with one attached hydrogen (secondary N) is 2. The van der Waals surface area contributed by atoms with Crippen LogP contribution in [0.3, 0.4) is 0 Å². The van der Waals surface area contributed by atoms with Gasteiger partial charge in [-0.25, -0.2) is 0 Å². The summed E-state index contributed by atoms with van der Waals surface area (Å²) in [7, 11) is 1.65. The SMILES string of the molecule is CCOC1OC(C(=O)NCCc2c[nH]c3ccc(OC)cc23)=CC(c2ccsc2)C1CCCO. The van der Waals surface area contributed by atoms with E-state index in [1.165, 1.54) is 0 Å². The summed E-state index contributed by atoms with van der Waals surface area (Å²) in [5.74, 6) is 0.859. The number of amides is 1. The molecule has 3 aromatic rings. The predicted octanol–water partition coefficient (Wildman–Crippen LogP) is 4.35. The van der Waals surface area contributed by atoms with E-state index in [0.717, 1.165) is 34.2 Å². The maximum Gasteiger partial charge on any atom is 0.286 e. The molecule has 2 aromatic heterocycles. The van der Waals surface area contributed by atoms with Gasteiger partial charge in [-0.2, -0.15) is 11.3 Å². The van der Waals surface area contributed by atoms with E-state index in [1.54, 1.807) is 18.4 Å². The third-order valence-electron chi connectivity index (χ3n) is 6.22. The van der Waals surface area contributed by atoms with Crippen LogP contribution < -0.4 is 10.1 Å². The van der Waals surface area contributed by atoms with Gasteiger partial charge in [0.25, 0.3) is 5.91 Å². The minimum atomic E-state index is -0.534. The first-order valence-corrected chi connectivity index (χ1v) is 12.6. The summed E-state index contributed by atoms with van der Waals surface area (Å²) in [6, 6.07) is 7.99. The first kappa shape index (κ1) is 24.3. The number of carbonyl (C=O) groups is 1. The van der Waals surface area contributed by atoms with Gasteiger partial charge in [0.1, 0.15) is 5.75 Å². The lowest BCUT2D eigenvalue weighted by Gasteiger charge is -2.36. The van der Waals surface area contributed by atoms with Gasteiger partial charge in [0, 0.05) is 48.7 Å². The molecule has 0 fully saturated rings. The second-order valence-corrected chi connectivity index (χ2v) is 9.10. The Morgan fingerprint density at radius 1 is 1.32 bits per heavy atom. The molecule has 3 unspecified atom stereocenters. The van der Waals surface area contributed by atoms with Crippen LogP contribution in [0.5, 0.6) is 5.75 Å². The number of carbonyl (C=O) groups excluding carboxylic acids is 1. The largest absolute Gasteiger partial charge is 0.497 e. The van der Waals surface area contributed by atoms with E-state index in [0.29, 0.717) is 26.0 Å². The lowest BCUT2D eigenvalue weighted by molar-refractivity contribution is -0.166. The van der Waals surface area contributed by atoms with Crippen LogP contribution >= 0.6 is 11.3 Å². The van der Waals surface area contributed by atoms with E-state index >= 15 is 0 Å². The van der Waals surface area contributed by atoms with Crippen molar-refractivity contribution in [2.75, 3.05) is 26.9 Å². The number of thiophene rings is 1. The lowest BCUT2D eigenvalue weighted by Crippen LogP contribution is -2.39. The summed E-state index contributed by atoms with van der Waals surface area (Å²) in [5, 5.41) is 17.6. The maximum absolute atomic E-state index is 13.1. The number of rotatable bonds is 11. The van der Waals surface area contributed by atoms with Gasteiger partial charge in [-0.1, -0.05) is 0 Å². The summed E-state index contributed by atoms with van der Waals surface area (Å²) >= 11 is 1.63. The summed E-state index contributed by atoms with van der Waals surface area (Å²) < 4.78 is 17.3. The van der Waals surface area contributed by atoms with Crippen LogP contribution in [0.1, 0.15) is 36.8 Å². The number of methoxy groups -OCH3 is 1. The average Bonchev–Trinajstić information content (AvgIpc) is 3.53. The Morgan fingerprint density at radius 3 is 2.94 bits per heavy atom. The molecule has 1 amide bonds. The number of allylic oxidation sites excluding steroid dienone is 1. The number of ether oxygens (including phenoxy) is 3. The fourth-order valence-corrected chi connectivity index (χ4v) is 5.21. The normalized spacial score (nSPS) is 20.1. The number of hydrogen-bond donors (Lipinski definition) is 3. The van der Waals surface area contributed by atoms with Crippen molar-refractivity contribution < 1.29 is 24.1 Å². The standard InChI is InChI=1S/C26H32N2O5S/c1-3-32-26-20(5-4-11-29)21(18-9-12-34-16-18)14-24(33-26)25(30)27-10-8-17-15-28-23-7-6-19(31-2)13-22(17)23/h6-7,9,12-16,20-21,26,28-29H,3-5,8,10-11H2,1-2H3,(H,27,30). The Bertz CT molecular complexity index is 1110. The lowest BCUT2D eigenvalue weighted by atomic mass is 9.81. The molecule has 0 aliphatic carbocycles. The zero-order chi connectivity index (χ0) is 23.9. The molecular formula is C26H32N2O5S. The van der Waals surface area contributed by atoms with Crippen molar-refractivity contribution in [2.45, 2.75) is 38.4 Å². The molecule has 0 bridgehead atoms. The fourth-order valence-electron chi connectivity index (χ4n) is 4.50. The highest BCUT2D eigenvalue weighted by atomic mass is 32.1. The molecule has 4 rings (SSSR count). The average molecular weight is 485 g/mol. The minimum Gasteiger partial charge on any atom is -0.497 e. The number of aliphatic hydroxyl groups is 1. The number of benzene rings is 1. The molecule has 3 heterocycles. The van der Waals surface area contributed by atoms with Gasteiger partial charge >= 0.3 is 0 Å². The van der Waals surface area contributed by atoms with E-state index < -0.39 is 6.29 Å². The van der Waals surface area contributed by atoms with Gasteiger partial charge in [-0.05, 0) is 78.4 Å².